The van der Waals surface area contributed by atoms with Gasteiger partial charge in [0.05, 0.1) is 11.8 Å². The van der Waals surface area contributed by atoms with Crippen molar-refractivity contribution >= 4 is 11.9 Å². The average Bonchev–Trinajstić information content (AvgIpc) is 2.27. The van der Waals surface area contributed by atoms with Gasteiger partial charge in [-0.05, 0) is 31.6 Å². The first kappa shape index (κ1) is 11.2. The summed E-state index contributed by atoms with van der Waals surface area (Å²) < 4.78 is 0. The van der Waals surface area contributed by atoms with Crippen LogP contribution in [0.1, 0.15) is 32.1 Å². The minimum absolute atomic E-state index is 0.0406. The minimum Gasteiger partial charge on any atom is -0.481 e. The lowest BCUT2D eigenvalue weighted by Gasteiger charge is -2.36. The van der Waals surface area contributed by atoms with Gasteiger partial charge in [0.1, 0.15) is 0 Å². The lowest BCUT2D eigenvalue weighted by atomic mass is 9.66. The van der Waals surface area contributed by atoms with E-state index in [2.05, 4.69) is 0 Å². The quantitative estimate of drug-likeness (QED) is 0.702. The fourth-order valence-corrected chi connectivity index (χ4v) is 3.03. The fraction of sp³-hybridized carbons (Fsp3) is 0.667. The van der Waals surface area contributed by atoms with Crippen LogP contribution in [0.15, 0.2) is 11.6 Å². The fourth-order valence-electron chi connectivity index (χ4n) is 3.03. The van der Waals surface area contributed by atoms with Crippen molar-refractivity contribution in [3.63, 3.8) is 0 Å². The summed E-state index contributed by atoms with van der Waals surface area (Å²) in [6.07, 6.45) is 6.22. The summed E-state index contributed by atoms with van der Waals surface area (Å²) in [6, 6.07) is 0. The third kappa shape index (κ3) is 1.84. The van der Waals surface area contributed by atoms with Crippen LogP contribution in [-0.4, -0.2) is 22.2 Å². The smallest absolute Gasteiger partial charge is 0.307 e. The summed E-state index contributed by atoms with van der Waals surface area (Å²) in [5.41, 5.74) is 1.18. The first-order valence-electron chi connectivity index (χ1n) is 5.76. The van der Waals surface area contributed by atoms with E-state index in [1.165, 1.54) is 5.57 Å². The molecule has 0 aromatic heterocycles. The minimum atomic E-state index is -0.978. The van der Waals surface area contributed by atoms with Crippen LogP contribution in [0.25, 0.3) is 0 Å². The van der Waals surface area contributed by atoms with E-state index in [4.69, 9.17) is 5.11 Å². The molecule has 0 aromatic rings. The maximum atomic E-state index is 11.2. The first-order chi connectivity index (χ1) is 7.61. The van der Waals surface area contributed by atoms with Crippen LogP contribution in [0.2, 0.25) is 0 Å². The Bertz CT molecular complexity index is 345. The van der Waals surface area contributed by atoms with E-state index >= 15 is 0 Å². The summed E-state index contributed by atoms with van der Waals surface area (Å²) in [5.74, 6) is -3.44. The number of carboxylic acids is 2. The molecule has 2 aliphatic rings. The monoisotopic (exact) mass is 224 g/mol. The average molecular weight is 224 g/mol. The molecular weight excluding hydrogens is 208 g/mol. The summed E-state index contributed by atoms with van der Waals surface area (Å²) >= 11 is 0. The largest absolute Gasteiger partial charge is 0.481 e. The number of hydrogen-bond acceptors (Lipinski definition) is 2. The van der Waals surface area contributed by atoms with E-state index in [0.717, 1.165) is 25.7 Å². The number of carbonyl (C=O) groups is 2. The predicted octanol–water partition coefficient (Wildman–Crippen LogP) is 1.91. The van der Waals surface area contributed by atoms with E-state index in [-0.39, 0.29) is 5.92 Å². The summed E-state index contributed by atoms with van der Waals surface area (Å²) in [5, 5.41) is 18.3. The van der Waals surface area contributed by atoms with Gasteiger partial charge in [0.2, 0.25) is 0 Å². The molecular formula is C12H16O4. The zero-order valence-electron chi connectivity index (χ0n) is 9.06. The van der Waals surface area contributed by atoms with Crippen LogP contribution in [0.3, 0.4) is 0 Å². The molecule has 1 saturated carbocycles. The molecule has 0 bridgehead atoms. The molecule has 1 fully saturated rings. The van der Waals surface area contributed by atoms with Crippen LogP contribution in [0.5, 0.6) is 0 Å². The lowest BCUT2D eigenvalue weighted by Crippen LogP contribution is -2.39. The van der Waals surface area contributed by atoms with Gasteiger partial charge in [-0.15, -0.1) is 0 Å². The summed E-state index contributed by atoms with van der Waals surface area (Å²) in [7, 11) is 0. The summed E-state index contributed by atoms with van der Waals surface area (Å²) in [6.45, 7) is 0. The highest BCUT2D eigenvalue weighted by Gasteiger charge is 2.43. The standard InChI is InChI=1S/C12H16O4/c13-11(14)9-6-5-7-3-1-2-4-8(7)10(9)12(15)16/h5,8-10H,1-4,6H2,(H,13,14)(H,15,16). The van der Waals surface area contributed by atoms with Crippen LogP contribution < -0.4 is 0 Å². The summed E-state index contributed by atoms with van der Waals surface area (Å²) in [4.78, 5) is 22.3. The van der Waals surface area contributed by atoms with Gasteiger partial charge in [-0.2, -0.15) is 0 Å². The van der Waals surface area contributed by atoms with Crippen LogP contribution in [0.4, 0.5) is 0 Å². The molecule has 0 aliphatic heterocycles. The Morgan fingerprint density at radius 3 is 2.56 bits per heavy atom. The van der Waals surface area contributed by atoms with Crippen molar-refractivity contribution in [2.45, 2.75) is 32.1 Å². The van der Waals surface area contributed by atoms with Gasteiger partial charge >= 0.3 is 11.9 Å². The van der Waals surface area contributed by atoms with Gasteiger partial charge in [0.25, 0.3) is 0 Å². The second-order valence-corrected chi connectivity index (χ2v) is 4.68. The van der Waals surface area contributed by atoms with Crippen LogP contribution in [0, 0.1) is 17.8 Å². The van der Waals surface area contributed by atoms with Crippen LogP contribution in [-0.2, 0) is 9.59 Å². The van der Waals surface area contributed by atoms with Gasteiger partial charge in [-0.3, -0.25) is 9.59 Å². The molecule has 0 amide bonds. The number of allylic oxidation sites excluding steroid dienone is 2. The maximum absolute atomic E-state index is 11.2. The van der Waals surface area contributed by atoms with Crippen molar-refractivity contribution in [2.24, 2.45) is 17.8 Å². The lowest BCUT2D eigenvalue weighted by molar-refractivity contribution is -0.156. The Kier molecular flexibility index (Phi) is 2.99. The van der Waals surface area contributed by atoms with Gasteiger partial charge in [0.15, 0.2) is 0 Å². The van der Waals surface area contributed by atoms with Crippen molar-refractivity contribution < 1.29 is 19.8 Å². The molecule has 88 valence electrons. The normalized spacial score (nSPS) is 33.8. The third-order valence-corrected chi connectivity index (χ3v) is 3.81. The highest BCUT2D eigenvalue weighted by molar-refractivity contribution is 5.81. The van der Waals surface area contributed by atoms with Gasteiger partial charge in [0, 0.05) is 0 Å². The van der Waals surface area contributed by atoms with Crippen molar-refractivity contribution in [3.8, 4) is 0 Å². The second-order valence-electron chi connectivity index (χ2n) is 4.68. The molecule has 0 heterocycles. The van der Waals surface area contributed by atoms with Gasteiger partial charge in [-0.25, -0.2) is 0 Å². The Balaban J connectivity index is 2.29. The molecule has 0 spiro atoms. The van der Waals surface area contributed by atoms with E-state index < -0.39 is 23.8 Å². The Morgan fingerprint density at radius 1 is 1.19 bits per heavy atom. The molecule has 2 N–H and O–H groups in total. The zero-order valence-corrected chi connectivity index (χ0v) is 9.06. The first-order valence-corrected chi connectivity index (χ1v) is 5.76. The second kappa shape index (κ2) is 4.28. The molecule has 0 radical (unpaired) electrons. The molecule has 3 atom stereocenters. The van der Waals surface area contributed by atoms with E-state index in [1.807, 2.05) is 6.08 Å². The number of carboxylic acid groups (broad SMARTS) is 2. The molecule has 0 saturated heterocycles. The topological polar surface area (TPSA) is 74.6 Å². The van der Waals surface area contributed by atoms with E-state index in [0.29, 0.717) is 6.42 Å². The van der Waals surface area contributed by atoms with Crippen LogP contribution >= 0.6 is 0 Å². The Hall–Kier alpha value is -1.32. The van der Waals surface area contributed by atoms with Crippen molar-refractivity contribution in [1.82, 2.24) is 0 Å². The van der Waals surface area contributed by atoms with Crippen molar-refractivity contribution in [1.29, 1.82) is 0 Å². The molecule has 4 heteroatoms. The molecule has 16 heavy (non-hydrogen) atoms. The Morgan fingerprint density at radius 2 is 1.94 bits per heavy atom. The number of aliphatic carboxylic acids is 2. The predicted molar refractivity (Wildman–Crippen MR) is 56.9 cm³/mol. The van der Waals surface area contributed by atoms with E-state index in [1.54, 1.807) is 0 Å². The maximum Gasteiger partial charge on any atom is 0.307 e. The molecule has 0 aromatic carbocycles. The molecule has 3 unspecified atom stereocenters. The van der Waals surface area contributed by atoms with E-state index in [9.17, 15) is 14.7 Å². The highest BCUT2D eigenvalue weighted by Crippen LogP contribution is 2.43. The number of fused-ring (bicyclic) bond motifs is 1. The Labute approximate surface area is 94.0 Å². The van der Waals surface area contributed by atoms with Gasteiger partial charge < -0.3 is 10.2 Å². The van der Waals surface area contributed by atoms with Gasteiger partial charge in [-0.1, -0.05) is 18.1 Å². The highest BCUT2D eigenvalue weighted by atomic mass is 16.4. The SMILES string of the molecule is O=C(O)C1CC=C2CCCCC2C1C(=O)O. The molecule has 2 aliphatic carbocycles. The molecule has 4 nitrogen and oxygen atoms in total. The number of rotatable bonds is 2. The molecule has 2 rings (SSSR count). The zero-order chi connectivity index (χ0) is 11.7. The van der Waals surface area contributed by atoms with Crippen molar-refractivity contribution in [2.75, 3.05) is 0 Å². The van der Waals surface area contributed by atoms with Crippen molar-refractivity contribution in [3.05, 3.63) is 11.6 Å². The number of hydrogen-bond donors (Lipinski definition) is 2. The third-order valence-electron chi connectivity index (χ3n) is 3.81.